The normalized spacial score (nSPS) is 15.0. The fraction of sp³-hybridized carbons (Fsp3) is 0.417. The summed E-state index contributed by atoms with van der Waals surface area (Å²) in [6.07, 6.45) is 0. The van der Waals surface area contributed by atoms with Crippen LogP contribution < -0.4 is 20.3 Å². The summed E-state index contributed by atoms with van der Waals surface area (Å²) >= 11 is 0. The van der Waals surface area contributed by atoms with Crippen LogP contribution in [0.1, 0.15) is 18.5 Å². The minimum atomic E-state index is -0.721. The Labute approximate surface area is 189 Å². The summed E-state index contributed by atoms with van der Waals surface area (Å²) in [7, 11) is 3.99. The Morgan fingerprint density at radius 1 is 1.06 bits per heavy atom. The second-order valence-electron chi connectivity index (χ2n) is 7.74. The molecule has 172 valence electrons. The summed E-state index contributed by atoms with van der Waals surface area (Å²) in [4.78, 5) is 29.4. The maximum Gasteiger partial charge on any atom is 0.313 e. The van der Waals surface area contributed by atoms with Gasteiger partial charge in [-0.1, -0.05) is 24.3 Å². The second-order valence-corrected chi connectivity index (χ2v) is 7.74. The van der Waals surface area contributed by atoms with Crippen LogP contribution in [0, 0.1) is 0 Å². The van der Waals surface area contributed by atoms with Crippen molar-refractivity contribution in [3.05, 3.63) is 54.1 Å². The van der Waals surface area contributed by atoms with E-state index >= 15 is 0 Å². The fourth-order valence-electron chi connectivity index (χ4n) is 3.64. The van der Waals surface area contributed by atoms with Crippen molar-refractivity contribution in [2.75, 3.05) is 63.8 Å². The van der Waals surface area contributed by atoms with Gasteiger partial charge in [0.15, 0.2) is 0 Å². The number of ether oxygens (including phenoxy) is 2. The van der Waals surface area contributed by atoms with Gasteiger partial charge >= 0.3 is 11.8 Å². The summed E-state index contributed by atoms with van der Waals surface area (Å²) in [6.45, 7) is 5.48. The molecule has 1 atom stereocenters. The van der Waals surface area contributed by atoms with Crippen molar-refractivity contribution >= 4 is 23.2 Å². The third kappa shape index (κ3) is 6.21. The molecule has 8 heteroatoms. The van der Waals surface area contributed by atoms with E-state index in [0.29, 0.717) is 37.8 Å². The highest BCUT2D eigenvalue weighted by Crippen LogP contribution is 2.25. The number of nitrogens with one attached hydrogen (secondary N) is 2. The largest absolute Gasteiger partial charge is 0.492 e. The maximum absolute atomic E-state index is 12.6. The molecule has 0 spiro atoms. The molecule has 8 nitrogen and oxygen atoms in total. The molecule has 1 unspecified atom stereocenters. The van der Waals surface area contributed by atoms with Gasteiger partial charge in [-0.3, -0.25) is 14.5 Å². The van der Waals surface area contributed by atoms with Crippen molar-refractivity contribution in [1.82, 2.24) is 10.2 Å². The van der Waals surface area contributed by atoms with Gasteiger partial charge in [-0.15, -0.1) is 0 Å². The molecule has 1 heterocycles. The van der Waals surface area contributed by atoms with E-state index in [-0.39, 0.29) is 6.04 Å². The van der Waals surface area contributed by atoms with Crippen LogP contribution in [0.25, 0.3) is 0 Å². The number of rotatable bonds is 8. The van der Waals surface area contributed by atoms with E-state index in [1.165, 1.54) is 0 Å². The van der Waals surface area contributed by atoms with E-state index in [0.717, 1.165) is 24.3 Å². The number of para-hydroxylation sites is 2. The summed E-state index contributed by atoms with van der Waals surface area (Å²) in [5, 5.41) is 5.45. The van der Waals surface area contributed by atoms with Gasteiger partial charge in [0, 0.05) is 39.4 Å². The number of carbonyl (C=O) groups is 2. The first kappa shape index (κ1) is 23.6. The molecule has 32 heavy (non-hydrogen) atoms. The van der Waals surface area contributed by atoms with E-state index in [4.69, 9.17) is 9.47 Å². The van der Waals surface area contributed by atoms with Gasteiger partial charge in [-0.05, 0) is 36.8 Å². The van der Waals surface area contributed by atoms with Gasteiger partial charge in [0.2, 0.25) is 0 Å². The van der Waals surface area contributed by atoms with Gasteiger partial charge in [-0.25, -0.2) is 0 Å². The summed E-state index contributed by atoms with van der Waals surface area (Å²) in [5.74, 6) is -0.872. The van der Waals surface area contributed by atoms with Gasteiger partial charge < -0.3 is 25.0 Å². The Morgan fingerprint density at radius 3 is 2.41 bits per heavy atom. The van der Waals surface area contributed by atoms with E-state index in [1.807, 2.05) is 32.0 Å². The van der Waals surface area contributed by atoms with E-state index in [1.54, 1.807) is 18.2 Å². The monoisotopic (exact) mass is 440 g/mol. The quantitative estimate of drug-likeness (QED) is 0.613. The molecule has 0 radical (unpaired) electrons. The molecular weight excluding hydrogens is 408 g/mol. The first-order chi connectivity index (χ1) is 15.5. The van der Waals surface area contributed by atoms with Gasteiger partial charge in [0.25, 0.3) is 0 Å². The third-order valence-electron chi connectivity index (χ3n) is 5.38. The van der Waals surface area contributed by atoms with Crippen LogP contribution >= 0.6 is 0 Å². The maximum atomic E-state index is 12.6. The van der Waals surface area contributed by atoms with Crippen LogP contribution in [0.15, 0.2) is 48.5 Å². The summed E-state index contributed by atoms with van der Waals surface area (Å²) in [5.41, 5.74) is 2.66. The topological polar surface area (TPSA) is 83.1 Å². The lowest BCUT2D eigenvalue weighted by molar-refractivity contribution is -0.136. The molecular formula is C24H32N4O4. The molecule has 2 aromatic rings. The molecule has 0 bridgehead atoms. The minimum Gasteiger partial charge on any atom is -0.492 e. The predicted octanol–water partition coefficient (Wildman–Crippen LogP) is 2.28. The lowest BCUT2D eigenvalue weighted by atomic mass is 10.0. The Hall–Kier alpha value is -3.10. The fourth-order valence-corrected chi connectivity index (χ4v) is 3.64. The second kappa shape index (κ2) is 11.5. The summed E-state index contributed by atoms with van der Waals surface area (Å²) in [6, 6.07) is 15.3. The number of benzene rings is 2. The highest BCUT2D eigenvalue weighted by Gasteiger charge is 2.25. The highest BCUT2D eigenvalue weighted by molar-refractivity contribution is 6.39. The molecule has 1 saturated heterocycles. The van der Waals surface area contributed by atoms with E-state index < -0.39 is 11.8 Å². The highest BCUT2D eigenvalue weighted by atomic mass is 16.5. The molecule has 1 fully saturated rings. The standard InChI is InChI=1S/C24H32N4O4/c1-4-32-22-8-6-5-7-20(22)26-24(30)23(29)25-17-21(28-13-15-31-16-14-28)18-9-11-19(12-10-18)27(2)3/h5-12,21H,4,13-17H2,1-3H3,(H,25,29)(H,26,30). The lowest BCUT2D eigenvalue weighted by Gasteiger charge is -2.35. The Balaban J connectivity index is 1.67. The van der Waals surface area contributed by atoms with Crippen LogP contribution in [-0.2, 0) is 14.3 Å². The number of anilines is 2. The van der Waals surface area contributed by atoms with Crippen molar-refractivity contribution in [2.24, 2.45) is 0 Å². The molecule has 3 rings (SSSR count). The summed E-state index contributed by atoms with van der Waals surface area (Å²) < 4.78 is 11.0. The number of hydrogen-bond acceptors (Lipinski definition) is 6. The average Bonchev–Trinajstić information content (AvgIpc) is 2.81. The number of hydrogen-bond donors (Lipinski definition) is 2. The zero-order chi connectivity index (χ0) is 22.9. The van der Waals surface area contributed by atoms with E-state index in [9.17, 15) is 9.59 Å². The smallest absolute Gasteiger partial charge is 0.313 e. The van der Waals surface area contributed by atoms with Crippen molar-refractivity contribution in [3.63, 3.8) is 0 Å². The molecule has 1 aliphatic rings. The van der Waals surface area contributed by atoms with Crippen LogP contribution in [0.4, 0.5) is 11.4 Å². The molecule has 2 amide bonds. The van der Waals surface area contributed by atoms with Gasteiger partial charge in [0.1, 0.15) is 5.75 Å². The molecule has 0 saturated carbocycles. The van der Waals surface area contributed by atoms with Crippen molar-refractivity contribution < 1.29 is 19.1 Å². The SMILES string of the molecule is CCOc1ccccc1NC(=O)C(=O)NCC(c1ccc(N(C)C)cc1)N1CCOCC1. The first-order valence-electron chi connectivity index (χ1n) is 10.9. The van der Waals surface area contributed by atoms with Crippen molar-refractivity contribution in [1.29, 1.82) is 0 Å². The number of amides is 2. The molecule has 1 aliphatic heterocycles. The van der Waals surface area contributed by atoms with Crippen LogP contribution in [-0.4, -0.2) is 70.3 Å². The van der Waals surface area contributed by atoms with Crippen LogP contribution in [0.3, 0.4) is 0 Å². The molecule has 2 aromatic carbocycles. The lowest BCUT2D eigenvalue weighted by Crippen LogP contribution is -2.45. The zero-order valence-corrected chi connectivity index (χ0v) is 19.0. The average molecular weight is 441 g/mol. The van der Waals surface area contributed by atoms with Crippen LogP contribution in [0.5, 0.6) is 5.75 Å². The van der Waals surface area contributed by atoms with Crippen molar-refractivity contribution in [3.8, 4) is 5.75 Å². The number of nitrogens with zero attached hydrogens (tertiary/aromatic N) is 2. The van der Waals surface area contributed by atoms with Gasteiger partial charge in [0.05, 0.1) is 31.5 Å². The van der Waals surface area contributed by atoms with Crippen LogP contribution in [0.2, 0.25) is 0 Å². The molecule has 2 N–H and O–H groups in total. The van der Waals surface area contributed by atoms with E-state index in [2.05, 4.69) is 39.8 Å². The predicted molar refractivity (Wildman–Crippen MR) is 125 cm³/mol. The third-order valence-corrected chi connectivity index (χ3v) is 5.38. The Bertz CT molecular complexity index is 895. The zero-order valence-electron chi connectivity index (χ0n) is 19.0. The number of carbonyl (C=O) groups excluding carboxylic acids is 2. The Morgan fingerprint density at radius 2 is 1.75 bits per heavy atom. The molecule has 0 aromatic heterocycles. The first-order valence-corrected chi connectivity index (χ1v) is 10.9. The molecule has 0 aliphatic carbocycles. The Kier molecular flexibility index (Phi) is 8.47. The van der Waals surface area contributed by atoms with Gasteiger partial charge in [-0.2, -0.15) is 0 Å². The minimum absolute atomic E-state index is 0.0532. The van der Waals surface area contributed by atoms with Crippen molar-refractivity contribution in [2.45, 2.75) is 13.0 Å². The number of morpholine rings is 1.